The SMILES string of the molecule is COc1cc(C=NNc2nc(C)cs2)ccc1OCC(=O)OC(C)C. The summed E-state index contributed by atoms with van der Waals surface area (Å²) in [4.78, 5) is 15.8. The maximum Gasteiger partial charge on any atom is 0.344 e. The van der Waals surface area contributed by atoms with Gasteiger partial charge in [0.15, 0.2) is 18.1 Å². The van der Waals surface area contributed by atoms with Crippen LogP contribution in [-0.4, -0.2) is 37.0 Å². The van der Waals surface area contributed by atoms with E-state index in [1.807, 2.05) is 18.4 Å². The molecule has 0 aliphatic heterocycles. The highest BCUT2D eigenvalue weighted by Gasteiger charge is 2.10. The number of aryl methyl sites for hydroxylation is 1. The number of esters is 1. The van der Waals surface area contributed by atoms with Crippen molar-refractivity contribution in [1.82, 2.24) is 4.98 Å². The van der Waals surface area contributed by atoms with Crippen LogP contribution < -0.4 is 14.9 Å². The van der Waals surface area contributed by atoms with Gasteiger partial charge in [0.2, 0.25) is 5.13 Å². The molecule has 25 heavy (non-hydrogen) atoms. The molecule has 7 nitrogen and oxygen atoms in total. The summed E-state index contributed by atoms with van der Waals surface area (Å²) >= 11 is 1.48. The first-order chi connectivity index (χ1) is 12.0. The number of nitrogens with zero attached hydrogens (tertiary/aromatic N) is 2. The molecule has 0 bridgehead atoms. The van der Waals surface area contributed by atoms with Crippen LogP contribution in [0.5, 0.6) is 11.5 Å². The minimum absolute atomic E-state index is 0.174. The Labute approximate surface area is 150 Å². The molecule has 0 unspecified atom stereocenters. The highest BCUT2D eigenvalue weighted by Crippen LogP contribution is 2.27. The third-order valence-corrected chi connectivity index (χ3v) is 3.76. The Balaban J connectivity index is 1.96. The molecule has 2 aromatic rings. The molecule has 0 saturated carbocycles. The molecule has 134 valence electrons. The van der Waals surface area contributed by atoms with Crippen LogP contribution in [0.3, 0.4) is 0 Å². The van der Waals surface area contributed by atoms with Gasteiger partial charge >= 0.3 is 5.97 Å². The van der Waals surface area contributed by atoms with Gasteiger partial charge < -0.3 is 14.2 Å². The molecule has 1 N–H and O–H groups in total. The smallest absolute Gasteiger partial charge is 0.344 e. The van der Waals surface area contributed by atoms with E-state index < -0.39 is 5.97 Å². The Kier molecular flexibility index (Phi) is 6.76. The van der Waals surface area contributed by atoms with Crippen molar-refractivity contribution in [3.05, 3.63) is 34.8 Å². The summed E-state index contributed by atoms with van der Waals surface area (Å²) in [5.74, 6) is 0.542. The number of nitrogens with one attached hydrogen (secondary N) is 1. The highest BCUT2D eigenvalue weighted by molar-refractivity contribution is 7.13. The minimum atomic E-state index is -0.425. The summed E-state index contributed by atoms with van der Waals surface area (Å²) in [5, 5.41) is 6.81. The second kappa shape index (κ2) is 9.03. The lowest BCUT2D eigenvalue weighted by molar-refractivity contribution is -0.149. The van der Waals surface area contributed by atoms with Crippen LogP contribution in [0.1, 0.15) is 25.1 Å². The monoisotopic (exact) mass is 363 g/mol. The fourth-order valence-corrected chi connectivity index (χ4v) is 2.52. The number of thiazole rings is 1. The Morgan fingerprint density at radius 1 is 1.40 bits per heavy atom. The van der Waals surface area contributed by atoms with Gasteiger partial charge in [-0.1, -0.05) is 0 Å². The van der Waals surface area contributed by atoms with E-state index in [2.05, 4.69) is 15.5 Å². The summed E-state index contributed by atoms with van der Waals surface area (Å²) in [6, 6.07) is 5.29. The lowest BCUT2D eigenvalue weighted by Crippen LogP contribution is -2.18. The summed E-state index contributed by atoms with van der Waals surface area (Å²) in [6.45, 7) is 5.32. The van der Waals surface area contributed by atoms with Gasteiger partial charge in [0.1, 0.15) is 0 Å². The minimum Gasteiger partial charge on any atom is -0.493 e. The third kappa shape index (κ3) is 6.07. The van der Waals surface area contributed by atoms with E-state index in [1.165, 1.54) is 18.4 Å². The predicted molar refractivity (Wildman–Crippen MR) is 97.8 cm³/mol. The fraction of sp³-hybridized carbons (Fsp3) is 0.353. The van der Waals surface area contributed by atoms with E-state index >= 15 is 0 Å². The summed E-state index contributed by atoms with van der Waals surface area (Å²) in [6.07, 6.45) is 1.47. The highest BCUT2D eigenvalue weighted by atomic mass is 32.1. The molecular formula is C17H21N3O4S. The van der Waals surface area contributed by atoms with Crippen molar-refractivity contribution in [2.45, 2.75) is 26.9 Å². The Hall–Kier alpha value is -2.61. The van der Waals surface area contributed by atoms with E-state index in [1.54, 1.807) is 32.2 Å². The van der Waals surface area contributed by atoms with Gasteiger partial charge in [-0.2, -0.15) is 5.10 Å². The predicted octanol–water partition coefficient (Wildman–Crippen LogP) is 3.24. The number of anilines is 1. The van der Waals surface area contributed by atoms with Crippen molar-refractivity contribution in [1.29, 1.82) is 0 Å². The van der Waals surface area contributed by atoms with Crippen LogP contribution in [0.25, 0.3) is 0 Å². The molecular weight excluding hydrogens is 342 g/mol. The molecule has 2 rings (SSSR count). The zero-order valence-electron chi connectivity index (χ0n) is 14.6. The molecule has 0 amide bonds. The van der Waals surface area contributed by atoms with Crippen LogP contribution >= 0.6 is 11.3 Å². The zero-order chi connectivity index (χ0) is 18.2. The Bertz CT molecular complexity index is 743. The van der Waals surface area contributed by atoms with Gasteiger partial charge in [-0.3, -0.25) is 5.43 Å². The summed E-state index contributed by atoms with van der Waals surface area (Å²) < 4.78 is 15.8. The topological polar surface area (TPSA) is 82.0 Å². The van der Waals surface area contributed by atoms with Gasteiger partial charge in [-0.25, -0.2) is 9.78 Å². The lowest BCUT2D eigenvalue weighted by atomic mass is 10.2. The van der Waals surface area contributed by atoms with Gasteiger partial charge in [0.25, 0.3) is 0 Å². The maximum atomic E-state index is 11.5. The van der Waals surface area contributed by atoms with Crippen molar-refractivity contribution in [2.24, 2.45) is 5.10 Å². The molecule has 0 atom stereocenters. The number of hydrogen-bond donors (Lipinski definition) is 1. The number of ether oxygens (including phenoxy) is 3. The van der Waals surface area contributed by atoms with Crippen LogP contribution in [-0.2, 0) is 9.53 Å². The summed E-state index contributed by atoms with van der Waals surface area (Å²) in [7, 11) is 1.53. The van der Waals surface area contributed by atoms with Crippen LogP contribution in [0.2, 0.25) is 0 Å². The van der Waals surface area contributed by atoms with E-state index in [0.29, 0.717) is 11.5 Å². The molecule has 0 aliphatic carbocycles. The molecule has 0 fully saturated rings. The average molecular weight is 363 g/mol. The van der Waals surface area contributed by atoms with Crippen molar-refractivity contribution in [3.63, 3.8) is 0 Å². The standard InChI is InChI=1S/C17H21N3O4S/c1-11(2)24-16(21)9-23-14-6-5-13(7-15(14)22-4)8-18-20-17-19-12(3)10-25-17/h5-8,10-11H,9H2,1-4H3,(H,19,20). The number of benzene rings is 1. The molecule has 0 aliphatic rings. The normalized spacial score (nSPS) is 10.9. The number of rotatable bonds is 8. The number of aromatic nitrogens is 1. The molecule has 0 saturated heterocycles. The molecule has 1 aromatic heterocycles. The van der Waals surface area contributed by atoms with Gasteiger partial charge in [-0.05, 0) is 44.5 Å². The number of hydrazone groups is 1. The first-order valence-corrected chi connectivity index (χ1v) is 8.57. The van der Waals surface area contributed by atoms with Crippen molar-refractivity contribution in [2.75, 3.05) is 19.1 Å². The molecule has 8 heteroatoms. The van der Waals surface area contributed by atoms with Crippen molar-refractivity contribution >= 4 is 28.7 Å². The summed E-state index contributed by atoms with van der Waals surface area (Å²) in [5.41, 5.74) is 4.63. The second-order valence-corrected chi connectivity index (χ2v) is 6.26. The third-order valence-electron chi connectivity index (χ3n) is 2.89. The Morgan fingerprint density at radius 3 is 2.84 bits per heavy atom. The number of carbonyl (C=O) groups excluding carboxylic acids is 1. The quantitative estimate of drug-likeness (QED) is 0.440. The van der Waals surface area contributed by atoms with Crippen LogP contribution in [0.4, 0.5) is 5.13 Å². The number of carbonyl (C=O) groups is 1. The lowest BCUT2D eigenvalue weighted by Gasteiger charge is -2.12. The molecule has 1 heterocycles. The fourth-order valence-electron chi connectivity index (χ4n) is 1.88. The van der Waals surface area contributed by atoms with E-state index in [-0.39, 0.29) is 12.7 Å². The first-order valence-electron chi connectivity index (χ1n) is 7.69. The van der Waals surface area contributed by atoms with Crippen molar-refractivity contribution < 1.29 is 19.0 Å². The van der Waals surface area contributed by atoms with Gasteiger partial charge in [0, 0.05) is 5.38 Å². The average Bonchev–Trinajstić information content (AvgIpc) is 2.98. The van der Waals surface area contributed by atoms with Gasteiger partial charge in [-0.15, -0.1) is 11.3 Å². The second-order valence-electron chi connectivity index (χ2n) is 5.40. The largest absolute Gasteiger partial charge is 0.493 e. The first kappa shape index (κ1) is 18.7. The van der Waals surface area contributed by atoms with E-state index in [9.17, 15) is 4.79 Å². The van der Waals surface area contributed by atoms with Crippen molar-refractivity contribution in [3.8, 4) is 11.5 Å². The molecule has 1 aromatic carbocycles. The Morgan fingerprint density at radius 2 is 2.20 bits per heavy atom. The number of hydrogen-bond acceptors (Lipinski definition) is 8. The van der Waals surface area contributed by atoms with Crippen LogP contribution in [0, 0.1) is 6.92 Å². The molecule has 0 spiro atoms. The van der Waals surface area contributed by atoms with Gasteiger partial charge in [0.05, 0.1) is 25.1 Å². The van der Waals surface area contributed by atoms with E-state index in [0.717, 1.165) is 16.4 Å². The van der Waals surface area contributed by atoms with E-state index in [4.69, 9.17) is 14.2 Å². The number of methoxy groups -OCH3 is 1. The zero-order valence-corrected chi connectivity index (χ0v) is 15.4. The molecule has 0 radical (unpaired) electrons. The maximum absolute atomic E-state index is 11.5. The van der Waals surface area contributed by atoms with Crippen LogP contribution in [0.15, 0.2) is 28.7 Å².